The van der Waals surface area contributed by atoms with E-state index in [2.05, 4.69) is 26.1 Å². The van der Waals surface area contributed by atoms with E-state index in [0.717, 1.165) is 0 Å². The van der Waals surface area contributed by atoms with E-state index in [1.165, 1.54) is 4.90 Å². The largest absolute Gasteiger partial charge is 0.455 e. The Labute approximate surface area is 291 Å². The van der Waals surface area contributed by atoms with Gasteiger partial charge in [-0.25, -0.2) is 0 Å². The molecule has 268 valence electrons. The van der Waals surface area contributed by atoms with Gasteiger partial charge in [-0.05, 0) is 50.5 Å². The van der Waals surface area contributed by atoms with Crippen molar-refractivity contribution in [2.75, 3.05) is 13.2 Å². The number of aliphatic hydroxyl groups excluding tert-OH is 1. The minimum atomic E-state index is -1.48. The van der Waals surface area contributed by atoms with Gasteiger partial charge in [-0.2, -0.15) is 0 Å². The highest BCUT2D eigenvalue weighted by Gasteiger charge is 2.73. The maximum atomic E-state index is 15.1. The molecule has 2 N–H and O–H groups in total. The second-order valence-corrected chi connectivity index (χ2v) is 16.2. The van der Waals surface area contributed by atoms with Crippen LogP contribution in [0.2, 0.25) is 0 Å². The number of nitrogens with zero attached hydrogens (tertiary/aromatic N) is 2. The number of allylic oxidation sites excluding steroid dienone is 1. The third-order valence-corrected chi connectivity index (χ3v) is 10.8. The summed E-state index contributed by atoms with van der Waals surface area (Å²) in [5.74, 6) is -3.76. The second kappa shape index (κ2) is 14.0. The number of hydrogen-bond donors (Lipinski definition) is 2. The van der Waals surface area contributed by atoms with Gasteiger partial charge < -0.3 is 29.7 Å². The van der Waals surface area contributed by atoms with Crippen LogP contribution in [0, 0.1) is 23.2 Å². The average Bonchev–Trinajstić information content (AvgIpc) is 3.41. The number of benzene rings is 1. The van der Waals surface area contributed by atoms with Gasteiger partial charge in [0.1, 0.15) is 23.7 Å². The van der Waals surface area contributed by atoms with Crippen molar-refractivity contribution < 1.29 is 33.8 Å². The monoisotopic (exact) mass is 677 g/mol. The van der Waals surface area contributed by atoms with Crippen molar-refractivity contribution in [2.24, 2.45) is 23.2 Å². The molecule has 0 aliphatic carbocycles. The van der Waals surface area contributed by atoms with Gasteiger partial charge in [-0.15, -0.1) is 0 Å². The molecule has 5 rings (SSSR count). The number of hydrogen-bond acceptors (Lipinski definition) is 7. The molecule has 0 saturated carbocycles. The minimum Gasteiger partial charge on any atom is -0.455 e. The quantitative estimate of drug-likeness (QED) is 0.316. The number of rotatable bonds is 7. The average molecular weight is 678 g/mol. The molecule has 0 bridgehead atoms. The fourth-order valence-electron chi connectivity index (χ4n) is 8.75. The number of ether oxygens (including phenoxy) is 2. The van der Waals surface area contributed by atoms with Crippen molar-refractivity contribution in [3.63, 3.8) is 0 Å². The molecule has 1 aromatic carbocycles. The van der Waals surface area contributed by atoms with Crippen molar-refractivity contribution in [1.29, 1.82) is 0 Å². The fourth-order valence-corrected chi connectivity index (χ4v) is 8.75. The predicted molar refractivity (Wildman–Crippen MR) is 186 cm³/mol. The van der Waals surface area contributed by atoms with E-state index >= 15 is 4.79 Å². The molecular weight excluding hydrogens is 622 g/mol. The van der Waals surface area contributed by atoms with Gasteiger partial charge in [0.25, 0.3) is 0 Å². The number of esters is 1. The second-order valence-electron chi connectivity index (χ2n) is 16.2. The van der Waals surface area contributed by atoms with Crippen LogP contribution in [-0.4, -0.2) is 87.1 Å². The highest BCUT2D eigenvalue weighted by atomic mass is 16.6. The number of aliphatic hydroxyl groups is 1. The first-order valence-corrected chi connectivity index (χ1v) is 17.9. The lowest BCUT2D eigenvalue weighted by Crippen LogP contribution is -2.62. The summed E-state index contributed by atoms with van der Waals surface area (Å²) in [5, 5.41) is 13.8. The first kappa shape index (κ1) is 36.8. The highest BCUT2D eigenvalue weighted by molar-refractivity contribution is 5.99. The van der Waals surface area contributed by atoms with Gasteiger partial charge in [-0.1, -0.05) is 95.7 Å². The van der Waals surface area contributed by atoms with Gasteiger partial charge in [0.15, 0.2) is 0 Å². The van der Waals surface area contributed by atoms with Crippen LogP contribution in [0.3, 0.4) is 0 Å². The molecule has 9 atom stereocenters. The molecule has 10 heteroatoms. The van der Waals surface area contributed by atoms with Gasteiger partial charge in [0, 0.05) is 18.5 Å². The zero-order chi connectivity index (χ0) is 35.9. The maximum absolute atomic E-state index is 15.1. The predicted octanol–water partition coefficient (Wildman–Crippen LogP) is 4.73. The number of fused-ring (bicyclic) bond motifs is 2. The zero-order valence-electron chi connectivity index (χ0n) is 30.3. The minimum absolute atomic E-state index is 0.0868. The van der Waals surface area contributed by atoms with Crippen LogP contribution in [0.15, 0.2) is 54.6 Å². The first-order chi connectivity index (χ1) is 23.1. The smallest absolute Gasteiger partial charge is 0.313 e. The summed E-state index contributed by atoms with van der Waals surface area (Å²) in [6, 6.07) is 6.90. The molecule has 1 aromatic rings. The molecular formula is C39H55N3O7. The van der Waals surface area contributed by atoms with Gasteiger partial charge in [0.2, 0.25) is 17.7 Å². The third-order valence-electron chi connectivity index (χ3n) is 10.8. The molecule has 2 saturated heterocycles. The van der Waals surface area contributed by atoms with E-state index in [0.29, 0.717) is 31.4 Å². The first-order valence-electron chi connectivity index (χ1n) is 17.9. The van der Waals surface area contributed by atoms with Crippen molar-refractivity contribution in [2.45, 2.75) is 123 Å². The van der Waals surface area contributed by atoms with Crippen molar-refractivity contribution >= 4 is 23.7 Å². The van der Waals surface area contributed by atoms with Crippen molar-refractivity contribution in [3.8, 4) is 0 Å². The molecule has 2 fully saturated rings. The summed E-state index contributed by atoms with van der Waals surface area (Å²) >= 11 is 0. The van der Waals surface area contributed by atoms with Crippen LogP contribution in [0.5, 0.6) is 0 Å². The fraction of sp³-hybridized carbons (Fsp3) is 0.641. The van der Waals surface area contributed by atoms with Gasteiger partial charge >= 0.3 is 5.97 Å². The van der Waals surface area contributed by atoms with E-state index < -0.39 is 65.2 Å². The molecule has 1 spiro atoms. The summed E-state index contributed by atoms with van der Waals surface area (Å²) in [6.45, 7) is 16.2. The Hall–Kier alpha value is -3.50. The van der Waals surface area contributed by atoms with Crippen molar-refractivity contribution in [3.05, 3.63) is 60.2 Å². The highest BCUT2D eigenvalue weighted by Crippen LogP contribution is 2.55. The number of nitrogens with one attached hydrogen (secondary N) is 1. The number of cyclic esters (lactones) is 1. The third kappa shape index (κ3) is 6.96. The molecule has 49 heavy (non-hydrogen) atoms. The van der Waals surface area contributed by atoms with Crippen LogP contribution in [0.25, 0.3) is 0 Å². The number of carbonyl (C=O) groups excluding carboxylic acids is 4. The summed E-state index contributed by atoms with van der Waals surface area (Å²) in [5.41, 5.74) is -1.44. The van der Waals surface area contributed by atoms with Crippen molar-refractivity contribution in [1.82, 2.24) is 15.1 Å². The van der Waals surface area contributed by atoms with E-state index in [9.17, 15) is 19.5 Å². The Morgan fingerprint density at radius 2 is 1.73 bits per heavy atom. The summed E-state index contributed by atoms with van der Waals surface area (Å²) < 4.78 is 13.2. The Kier molecular flexibility index (Phi) is 10.5. The van der Waals surface area contributed by atoms with Crippen LogP contribution in [0.4, 0.5) is 0 Å². The SMILES string of the molecule is CC[C@H](C)[C@H](CO)N1C(=O)[C@@H]2[C@H]3C(=O)O[C@H](c4ccccc4)[C@@H](C)NC(=O)CC/C=C\[C@H]3O[C@@]23C=CCN(C(C)(C)CC(C)(C)C)C(=O)[C@@H]13. The maximum Gasteiger partial charge on any atom is 0.313 e. The summed E-state index contributed by atoms with van der Waals surface area (Å²) in [4.78, 5) is 60.8. The molecule has 4 aliphatic rings. The molecule has 10 nitrogen and oxygen atoms in total. The Morgan fingerprint density at radius 1 is 1.04 bits per heavy atom. The van der Waals surface area contributed by atoms with Gasteiger partial charge in [0.05, 0.1) is 30.7 Å². The summed E-state index contributed by atoms with van der Waals surface area (Å²) in [7, 11) is 0. The van der Waals surface area contributed by atoms with Crippen LogP contribution in [-0.2, 0) is 28.7 Å². The lowest BCUT2D eigenvalue weighted by Gasteiger charge is -2.46. The van der Waals surface area contributed by atoms with E-state index in [1.807, 2.05) is 75.1 Å². The lowest BCUT2D eigenvalue weighted by molar-refractivity contribution is -0.163. The van der Waals surface area contributed by atoms with E-state index in [4.69, 9.17) is 9.47 Å². The summed E-state index contributed by atoms with van der Waals surface area (Å²) in [6.07, 6.45) is 7.55. The Balaban J connectivity index is 1.65. The zero-order valence-corrected chi connectivity index (χ0v) is 30.3. The standard InChI is InChI=1S/C39H55N3O7/c1-9-24(2)27(22-43)42-33-35(46)41(38(7,8)23-37(4,5)6)21-15-20-39(33)31(34(42)45)30-28(49-39)18-13-14-19-29(44)40-25(3)32(48-36(30)47)26-16-11-10-12-17-26/h10-13,15-18,20,24-25,27-28,30-33,43H,9,14,19,21-23H2,1-8H3,(H,40,44)/b18-13-/t24-,25+,27-,28+,30-,31-,32-,33+,39-/m0/s1. The van der Waals surface area contributed by atoms with Gasteiger partial charge in [-0.3, -0.25) is 19.2 Å². The molecule has 0 radical (unpaired) electrons. The molecule has 0 unspecified atom stereocenters. The number of amides is 3. The molecule has 3 amide bonds. The Morgan fingerprint density at radius 3 is 2.37 bits per heavy atom. The van der Waals surface area contributed by atoms with Crippen LogP contribution >= 0.6 is 0 Å². The molecule has 0 aromatic heterocycles. The van der Waals surface area contributed by atoms with Crippen LogP contribution < -0.4 is 5.32 Å². The Bertz CT molecular complexity index is 1470. The van der Waals surface area contributed by atoms with Crippen LogP contribution in [0.1, 0.15) is 92.7 Å². The number of carbonyl (C=O) groups is 4. The number of likely N-dealkylation sites (tertiary alicyclic amines) is 1. The molecule has 4 aliphatic heterocycles. The topological polar surface area (TPSA) is 125 Å². The molecule has 4 heterocycles. The normalized spacial score (nSPS) is 32.9. The van der Waals surface area contributed by atoms with E-state index in [1.54, 1.807) is 19.1 Å². The lowest BCUT2D eigenvalue weighted by atomic mass is 9.77. The van der Waals surface area contributed by atoms with E-state index in [-0.39, 0.29) is 36.2 Å².